The van der Waals surface area contributed by atoms with Crippen molar-refractivity contribution in [3.05, 3.63) is 35.9 Å². The van der Waals surface area contributed by atoms with Crippen LogP contribution >= 0.6 is 0 Å². The second-order valence-electron chi connectivity index (χ2n) is 4.32. The van der Waals surface area contributed by atoms with Crippen molar-refractivity contribution in [2.45, 2.75) is 26.1 Å². The van der Waals surface area contributed by atoms with Crippen molar-refractivity contribution < 1.29 is 22.4 Å². The van der Waals surface area contributed by atoms with Crippen molar-refractivity contribution in [1.82, 2.24) is 0 Å². The van der Waals surface area contributed by atoms with Gasteiger partial charge >= 0.3 is 0 Å². The fraction of sp³-hybridized carbons (Fsp3) is 0.538. The van der Waals surface area contributed by atoms with Gasteiger partial charge in [0.15, 0.2) is 0 Å². The summed E-state index contributed by atoms with van der Waals surface area (Å²) in [5, 5.41) is 0. The maximum Gasteiger partial charge on any atom is 0.264 e. The molecule has 0 fully saturated rings. The standard InChI is InChI=1S/C13H20O5S/c1-12(10-17-8-5-9-19(14,15)16)18-11-13-6-3-2-4-7-13/h2-4,6-7,12H,5,8-11H2,1H3,(H,14,15,16). The first kappa shape index (κ1) is 16.1. The van der Waals surface area contributed by atoms with Crippen molar-refractivity contribution in [3.8, 4) is 0 Å². The van der Waals surface area contributed by atoms with Gasteiger partial charge in [-0.3, -0.25) is 4.55 Å². The van der Waals surface area contributed by atoms with Gasteiger partial charge in [-0.1, -0.05) is 30.3 Å². The lowest BCUT2D eigenvalue weighted by Gasteiger charge is -2.13. The van der Waals surface area contributed by atoms with Gasteiger partial charge in [0.1, 0.15) is 0 Å². The molecule has 1 N–H and O–H groups in total. The molecule has 19 heavy (non-hydrogen) atoms. The van der Waals surface area contributed by atoms with E-state index in [9.17, 15) is 8.42 Å². The van der Waals surface area contributed by atoms with Crippen LogP contribution in [-0.2, 0) is 26.2 Å². The van der Waals surface area contributed by atoms with Gasteiger partial charge in [0.2, 0.25) is 0 Å². The average molecular weight is 288 g/mol. The Balaban J connectivity index is 2.07. The topological polar surface area (TPSA) is 72.8 Å². The van der Waals surface area contributed by atoms with Crippen LogP contribution in [0.2, 0.25) is 0 Å². The Morgan fingerprint density at radius 2 is 1.95 bits per heavy atom. The van der Waals surface area contributed by atoms with Crippen LogP contribution in [0, 0.1) is 0 Å². The zero-order valence-electron chi connectivity index (χ0n) is 11.0. The normalized spacial score (nSPS) is 13.4. The molecule has 0 aliphatic carbocycles. The van der Waals surface area contributed by atoms with Gasteiger partial charge < -0.3 is 9.47 Å². The molecular formula is C13H20O5S. The van der Waals surface area contributed by atoms with Crippen molar-refractivity contribution in [2.24, 2.45) is 0 Å². The van der Waals surface area contributed by atoms with Gasteiger partial charge in [-0.2, -0.15) is 8.42 Å². The van der Waals surface area contributed by atoms with Gasteiger partial charge in [0.05, 0.1) is 25.1 Å². The molecule has 1 rings (SSSR count). The molecule has 0 amide bonds. The first-order valence-electron chi connectivity index (χ1n) is 6.16. The quantitative estimate of drug-likeness (QED) is 0.555. The third-order valence-electron chi connectivity index (χ3n) is 2.42. The first-order chi connectivity index (χ1) is 8.97. The summed E-state index contributed by atoms with van der Waals surface area (Å²) in [5.41, 5.74) is 1.10. The van der Waals surface area contributed by atoms with Crippen LogP contribution in [0.5, 0.6) is 0 Å². The number of benzene rings is 1. The van der Waals surface area contributed by atoms with E-state index in [1.165, 1.54) is 0 Å². The molecule has 108 valence electrons. The fourth-order valence-electron chi connectivity index (χ4n) is 1.45. The lowest BCUT2D eigenvalue weighted by Crippen LogP contribution is -2.17. The molecule has 1 unspecified atom stereocenters. The van der Waals surface area contributed by atoms with E-state index in [0.29, 0.717) is 19.8 Å². The Kier molecular flexibility index (Phi) is 7.01. The molecule has 1 aromatic carbocycles. The monoisotopic (exact) mass is 288 g/mol. The lowest BCUT2D eigenvalue weighted by atomic mass is 10.2. The van der Waals surface area contributed by atoms with Crippen LogP contribution in [-0.4, -0.2) is 38.0 Å². The maximum absolute atomic E-state index is 10.5. The van der Waals surface area contributed by atoms with E-state index in [4.69, 9.17) is 14.0 Å². The summed E-state index contributed by atoms with van der Waals surface area (Å²) in [6.45, 7) is 3.11. The zero-order valence-corrected chi connectivity index (χ0v) is 11.8. The molecule has 1 atom stereocenters. The van der Waals surface area contributed by atoms with Crippen molar-refractivity contribution in [3.63, 3.8) is 0 Å². The third-order valence-corrected chi connectivity index (χ3v) is 3.23. The van der Waals surface area contributed by atoms with E-state index in [2.05, 4.69) is 0 Å². The molecule has 0 heterocycles. The summed E-state index contributed by atoms with van der Waals surface area (Å²) < 4.78 is 40.3. The van der Waals surface area contributed by atoms with E-state index in [-0.39, 0.29) is 18.3 Å². The van der Waals surface area contributed by atoms with Crippen LogP contribution in [0.4, 0.5) is 0 Å². The third kappa shape index (κ3) is 8.72. The Morgan fingerprint density at radius 1 is 1.26 bits per heavy atom. The number of rotatable bonds is 9. The summed E-state index contributed by atoms with van der Waals surface area (Å²) >= 11 is 0. The highest BCUT2D eigenvalue weighted by Gasteiger charge is 2.05. The molecule has 0 aliphatic rings. The predicted octanol–water partition coefficient (Wildman–Crippen LogP) is 1.89. The van der Waals surface area contributed by atoms with E-state index in [1.807, 2.05) is 37.3 Å². The SMILES string of the molecule is CC(COCCCS(=O)(=O)O)OCc1ccccc1. The van der Waals surface area contributed by atoms with Crippen LogP contribution in [0.1, 0.15) is 18.9 Å². The molecule has 0 aromatic heterocycles. The molecule has 0 bridgehead atoms. The number of ether oxygens (including phenoxy) is 2. The van der Waals surface area contributed by atoms with Crippen molar-refractivity contribution in [2.75, 3.05) is 19.0 Å². The van der Waals surface area contributed by atoms with Gasteiger partial charge in [-0.05, 0) is 18.9 Å². The Morgan fingerprint density at radius 3 is 2.58 bits per heavy atom. The highest BCUT2D eigenvalue weighted by atomic mass is 32.2. The van der Waals surface area contributed by atoms with Crippen molar-refractivity contribution in [1.29, 1.82) is 0 Å². The molecule has 0 saturated carbocycles. The largest absolute Gasteiger partial charge is 0.379 e. The molecular weight excluding hydrogens is 268 g/mol. The first-order valence-corrected chi connectivity index (χ1v) is 7.77. The van der Waals surface area contributed by atoms with Gasteiger partial charge in [-0.25, -0.2) is 0 Å². The molecule has 6 heteroatoms. The van der Waals surface area contributed by atoms with Gasteiger partial charge in [0, 0.05) is 6.61 Å². The number of hydrogen-bond donors (Lipinski definition) is 1. The van der Waals surface area contributed by atoms with Crippen LogP contribution in [0.3, 0.4) is 0 Å². The van der Waals surface area contributed by atoms with E-state index in [1.54, 1.807) is 0 Å². The van der Waals surface area contributed by atoms with E-state index >= 15 is 0 Å². The number of hydrogen-bond acceptors (Lipinski definition) is 4. The van der Waals surface area contributed by atoms with Crippen LogP contribution in [0.25, 0.3) is 0 Å². The predicted molar refractivity (Wildman–Crippen MR) is 72.5 cm³/mol. The summed E-state index contributed by atoms with van der Waals surface area (Å²) in [4.78, 5) is 0. The highest BCUT2D eigenvalue weighted by Crippen LogP contribution is 2.03. The molecule has 0 aliphatic heterocycles. The summed E-state index contributed by atoms with van der Waals surface area (Å²) in [7, 11) is -3.88. The summed E-state index contributed by atoms with van der Waals surface area (Å²) in [5.74, 6) is -0.272. The molecule has 0 saturated heterocycles. The van der Waals surface area contributed by atoms with Crippen LogP contribution in [0.15, 0.2) is 30.3 Å². The molecule has 1 aromatic rings. The van der Waals surface area contributed by atoms with E-state index < -0.39 is 10.1 Å². The zero-order chi connectivity index (χ0) is 14.1. The molecule has 0 spiro atoms. The summed E-state index contributed by atoms with van der Waals surface area (Å²) in [6.07, 6.45) is 0.218. The smallest absolute Gasteiger partial charge is 0.264 e. The Bertz CT molecular complexity index is 443. The second kappa shape index (κ2) is 8.27. The van der Waals surface area contributed by atoms with E-state index in [0.717, 1.165) is 5.56 Å². The minimum atomic E-state index is -3.88. The lowest BCUT2D eigenvalue weighted by molar-refractivity contribution is -0.0144. The summed E-state index contributed by atoms with van der Waals surface area (Å²) in [6, 6.07) is 9.83. The van der Waals surface area contributed by atoms with Gasteiger partial charge in [-0.15, -0.1) is 0 Å². The average Bonchev–Trinajstić information content (AvgIpc) is 2.36. The molecule has 0 radical (unpaired) electrons. The van der Waals surface area contributed by atoms with Crippen LogP contribution < -0.4 is 0 Å². The maximum atomic E-state index is 10.5. The minimum absolute atomic E-state index is 0.0639. The fourth-order valence-corrected chi connectivity index (χ4v) is 1.94. The highest BCUT2D eigenvalue weighted by molar-refractivity contribution is 7.85. The Labute approximate surface area is 114 Å². The molecule has 5 nitrogen and oxygen atoms in total. The van der Waals surface area contributed by atoms with Crippen molar-refractivity contribution >= 4 is 10.1 Å². The minimum Gasteiger partial charge on any atom is -0.379 e. The Hall–Kier alpha value is -0.950. The second-order valence-corrected chi connectivity index (χ2v) is 5.89. The van der Waals surface area contributed by atoms with Gasteiger partial charge in [0.25, 0.3) is 10.1 Å².